The zero-order valence-corrected chi connectivity index (χ0v) is 12.7. The fourth-order valence-electron chi connectivity index (χ4n) is 1.21. The molecule has 0 unspecified atom stereocenters. The van der Waals surface area contributed by atoms with Crippen LogP contribution in [-0.4, -0.2) is 9.97 Å². The number of nitrogens with zero attached hydrogens (tertiary/aromatic N) is 2. The van der Waals surface area contributed by atoms with E-state index in [9.17, 15) is 4.39 Å². The minimum Gasteiger partial charge on any atom is -0.215 e. The Morgan fingerprint density at radius 3 is 2.12 bits per heavy atom. The van der Waals surface area contributed by atoms with Gasteiger partial charge in [-0.25, -0.2) is 14.4 Å². The first-order chi connectivity index (χ1) is 7.97. The number of hydrogen-bond donors (Lipinski definition) is 0. The summed E-state index contributed by atoms with van der Waals surface area (Å²) in [6, 6.07) is 4.32. The van der Waals surface area contributed by atoms with Crippen molar-refractivity contribution in [2.75, 3.05) is 0 Å². The summed E-state index contributed by atoms with van der Waals surface area (Å²) in [6.45, 7) is 0. The fraction of sp³-hybridized carbons (Fsp3) is 0. The molecule has 1 heterocycles. The third-order valence-corrected chi connectivity index (χ3v) is 4.10. The molecule has 2 aromatic rings. The normalized spacial score (nSPS) is 10.6. The van der Waals surface area contributed by atoms with Gasteiger partial charge in [-0.1, -0.05) is 39.1 Å². The predicted octanol–water partition coefficient (Wildman–Crippen LogP) is 5.11. The Kier molecular flexibility index (Phi) is 4.02. The van der Waals surface area contributed by atoms with E-state index >= 15 is 0 Å². The molecule has 0 saturated heterocycles. The second kappa shape index (κ2) is 5.18. The second-order valence-electron chi connectivity index (χ2n) is 3.10. The third-order valence-electron chi connectivity index (χ3n) is 1.89. The van der Waals surface area contributed by atoms with Crippen molar-refractivity contribution in [1.82, 2.24) is 9.97 Å². The first-order valence-electron chi connectivity index (χ1n) is 4.32. The first-order valence-corrected chi connectivity index (χ1v) is 6.66. The molecule has 0 amide bonds. The van der Waals surface area contributed by atoms with Gasteiger partial charge in [0.1, 0.15) is 16.1 Å². The van der Waals surface area contributed by atoms with Crippen LogP contribution in [-0.2, 0) is 0 Å². The summed E-state index contributed by atoms with van der Waals surface area (Å²) in [7, 11) is 0. The van der Waals surface area contributed by atoms with Gasteiger partial charge in [0.25, 0.3) is 0 Å². The molecule has 0 atom stereocenters. The van der Waals surface area contributed by atoms with Crippen LogP contribution in [0, 0.1) is 5.82 Å². The number of hydrogen-bond acceptors (Lipinski definition) is 2. The highest BCUT2D eigenvalue weighted by molar-refractivity contribution is 9.10. The third kappa shape index (κ3) is 2.96. The van der Waals surface area contributed by atoms with E-state index in [0.717, 1.165) is 0 Å². The van der Waals surface area contributed by atoms with E-state index in [2.05, 4.69) is 41.8 Å². The van der Waals surface area contributed by atoms with Gasteiger partial charge in [0.2, 0.25) is 0 Å². The minimum absolute atomic E-state index is 0.181. The first kappa shape index (κ1) is 13.2. The standard InChI is InChI=1S/C10H3Br2Cl2FN2/c11-5-1-4(2-6(15)3-5)10-16-8(13)7(12)9(14)17-10/h1-3H. The highest BCUT2D eigenvalue weighted by Crippen LogP contribution is 2.30. The highest BCUT2D eigenvalue weighted by Gasteiger charge is 2.11. The average Bonchev–Trinajstić information content (AvgIpc) is 2.23. The maximum absolute atomic E-state index is 13.2. The van der Waals surface area contributed by atoms with Crippen molar-refractivity contribution in [1.29, 1.82) is 0 Å². The maximum Gasteiger partial charge on any atom is 0.162 e. The molecule has 0 N–H and O–H groups in total. The summed E-state index contributed by atoms with van der Waals surface area (Å²) < 4.78 is 14.2. The molecule has 0 aliphatic carbocycles. The van der Waals surface area contributed by atoms with Crippen molar-refractivity contribution in [3.8, 4) is 11.4 Å². The molecule has 0 aliphatic heterocycles. The van der Waals surface area contributed by atoms with Crippen molar-refractivity contribution in [3.05, 3.63) is 43.3 Å². The van der Waals surface area contributed by atoms with Crippen LogP contribution < -0.4 is 0 Å². The molecular formula is C10H3Br2Cl2FN2. The quantitative estimate of drug-likeness (QED) is 0.621. The van der Waals surface area contributed by atoms with Gasteiger partial charge in [-0.3, -0.25) is 0 Å². The van der Waals surface area contributed by atoms with Gasteiger partial charge in [-0.15, -0.1) is 0 Å². The van der Waals surface area contributed by atoms with Crippen LogP contribution >= 0.6 is 55.1 Å². The lowest BCUT2D eigenvalue weighted by atomic mass is 10.2. The summed E-state index contributed by atoms with van der Waals surface area (Å²) in [5.41, 5.74) is 0.494. The van der Waals surface area contributed by atoms with Crippen LogP contribution in [0.4, 0.5) is 4.39 Å². The molecule has 2 nitrogen and oxygen atoms in total. The Bertz CT molecular complexity index is 549. The summed E-state index contributed by atoms with van der Waals surface area (Å²) in [5.74, 6) is -0.128. The molecule has 2 rings (SSSR count). The maximum atomic E-state index is 13.2. The molecule has 1 aromatic carbocycles. The largest absolute Gasteiger partial charge is 0.215 e. The Balaban J connectivity index is 2.60. The smallest absolute Gasteiger partial charge is 0.162 e. The number of benzene rings is 1. The lowest BCUT2D eigenvalue weighted by Gasteiger charge is -2.04. The fourth-order valence-corrected chi connectivity index (χ4v) is 2.24. The molecule has 0 bridgehead atoms. The van der Waals surface area contributed by atoms with Gasteiger partial charge in [0.05, 0.1) is 4.47 Å². The van der Waals surface area contributed by atoms with Crippen molar-refractivity contribution < 1.29 is 4.39 Å². The Morgan fingerprint density at radius 2 is 1.59 bits per heavy atom. The molecule has 0 saturated carbocycles. The molecule has 0 radical (unpaired) electrons. The summed E-state index contributed by atoms with van der Waals surface area (Å²) in [6.07, 6.45) is 0. The van der Waals surface area contributed by atoms with Crippen LogP contribution in [0.2, 0.25) is 10.3 Å². The van der Waals surface area contributed by atoms with Gasteiger partial charge in [-0.2, -0.15) is 0 Å². The van der Waals surface area contributed by atoms with E-state index < -0.39 is 5.82 Å². The molecule has 17 heavy (non-hydrogen) atoms. The highest BCUT2D eigenvalue weighted by atomic mass is 79.9. The van der Waals surface area contributed by atoms with E-state index in [0.29, 0.717) is 14.5 Å². The Morgan fingerprint density at radius 1 is 1.00 bits per heavy atom. The SMILES string of the molecule is Fc1cc(Br)cc(-c2nc(Cl)c(Br)c(Cl)n2)c1. The molecule has 0 fully saturated rings. The molecule has 0 aliphatic rings. The van der Waals surface area contributed by atoms with Crippen LogP contribution in [0.3, 0.4) is 0 Å². The van der Waals surface area contributed by atoms with Crippen molar-refractivity contribution in [2.24, 2.45) is 0 Å². The minimum atomic E-state index is -0.395. The van der Waals surface area contributed by atoms with E-state index in [4.69, 9.17) is 23.2 Å². The Hall–Kier alpha value is -0.230. The van der Waals surface area contributed by atoms with Crippen LogP contribution in [0.15, 0.2) is 27.1 Å². The molecule has 7 heteroatoms. The lowest BCUT2D eigenvalue weighted by molar-refractivity contribution is 0.627. The number of aromatic nitrogens is 2. The van der Waals surface area contributed by atoms with E-state index in [1.807, 2.05) is 0 Å². The molecule has 0 spiro atoms. The number of halogens is 5. The predicted molar refractivity (Wildman–Crippen MR) is 72.8 cm³/mol. The topological polar surface area (TPSA) is 25.8 Å². The second-order valence-corrected chi connectivity index (χ2v) is 5.53. The zero-order chi connectivity index (χ0) is 12.6. The molecule has 88 valence electrons. The summed E-state index contributed by atoms with van der Waals surface area (Å²) >= 11 is 18.1. The van der Waals surface area contributed by atoms with Crippen molar-refractivity contribution >= 4 is 55.1 Å². The summed E-state index contributed by atoms with van der Waals surface area (Å²) in [5, 5.41) is 0.362. The Labute approximate surface area is 123 Å². The van der Waals surface area contributed by atoms with Crippen LogP contribution in [0.1, 0.15) is 0 Å². The van der Waals surface area contributed by atoms with Crippen molar-refractivity contribution in [3.63, 3.8) is 0 Å². The lowest BCUT2D eigenvalue weighted by Crippen LogP contribution is -1.92. The van der Waals surface area contributed by atoms with Crippen molar-refractivity contribution in [2.45, 2.75) is 0 Å². The van der Waals surface area contributed by atoms with Gasteiger partial charge >= 0.3 is 0 Å². The molecular weight excluding hydrogens is 398 g/mol. The van der Waals surface area contributed by atoms with Gasteiger partial charge in [0, 0.05) is 10.0 Å². The monoisotopic (exact) mass is 398 g/mol. The summed E-state index contributed by atoms with van der Waals surface area (Å²) in [4.78, 5) is 8.04. The van der Waals surface area contributed by atoms with Crippen LogP contribution in [0.25, 0.3) is 11.4 Å². The molecule has 1 aromatic heterocycles. The average molecular weight is 401 g/mol. The zero-order valence-electron chi connectivity index (χ0n) is 8.02. The van der Waals surface area contributed by atoms with E-state index in [-0.39, 0.29) is 16.1 Å². The number of rotatable bonds is 1. The van der Waals surface area contributed by atoms with Crippen LogP contribution in [0.5, 0.6) is 0 Å². The van der Waals surface area contributed by atoms with Gasteiger partial charge in [-0.05, 0) is 34.1 Å². The van der Waals surface area contributed by atoms with Gasteiger partial charge < -0.3 is 0 Å². The van der Waals surface area contributed by atoms with E-state index in [1.165, 1.54) is 12.1 Å². The van der Waals surface area contributed by atoms with Gasteiger partial charge in [0.15, 0.2) is 5.82 Å². The van der Waals surface area contributed by atoms with E-state index in [1.54, 1.807) is 6.07 Å².